The SMILES string of the molecule is O=C(O)c1c(Cl)c(Br)cc(Br)c1NCc1cnc(Cl)s1. The third-order valence-corrected chi connectivity index (χ3v) is 5.34. The van der Waals surface area contributed by atoms with Crippen molar-refractivity contribution in [3.05, 3.63) is 41.1 Å². The number of benzene rings is 1. The molecule has 0 aliphatic carbocycles. The number of anilines is 1. The number of rotatable bonds is 4. The van der Waals surface area contributed by atoms with Gasteiger partial charge in [0.2, 0.25) is 0 Å². The third-order valence-electron chi connectivity index (χ3n) is 2.35. The molecule has 0 aliphatic rings. The molecule has 1 aromatic carbocycles. The Morgan fingerprint density at radius 2 is 2.10 bits per heavy atom. The predicted molar refractivity (Wildman–Crippen MR) is 88.3 cm³/mol. The monoisotopic (exact) mass is 458 g/mol. The largest absolute Gasteiger partial charge is 0.478 e. The fourth-order valence-corrected chi connectivity index (χ4v) is 3.96. The smallest absolute Gasteiger partial charge is 0.339 e. The lowest BCUT2D eigenvalue weighted by atomic mass is 10.1. The second kappa shape index (κ2) is 6.62. The van der Waals surface area contributed by atoms with Crippen molar-refractivity contribution < 1.29 is 9.90 Å². The summed E-state index contributed by atoms with van der Waals surface area (Å²) in [4.78, 5) is 16.2. The van der Waals surface area contributed by atoms with Crippen molar-refractivity contribution in [2.75, 3.05) is 5.32 Å². The fourth-order valence-electron chi connectivity index (χ4n) is 1.51. The highest BCUT2D eigenvalue weighted by Gasteiger charge is 2.20. The summed E-state index contributed by atoms with van der Waals surface area (Å²) >= 11 is 19.6. The Labute approximate surface area is 145 Å². The number of carboxylic acids is 1. The number of carbonyl (C=O) groups is 1. The maximum atomic E-state index is 11.4. The van der Waals surface area contributed by atoms with Gasteiger partial charge in [-0.05, 0) is 37.9 Å². The van der Waals surface area contributed by atoms with Crippen LogP contribution in [0.3, 0.4) is 0 Å². The Morgan fingerprint density at radius 3 is 2.65 bits per heavy atom. The first kappa shape index (κ1) is 16.0. The molecule has 0 radical (unpaired) electrons. The number of aromatic nitrogens is 1. The molecule has 106 valence electrons. The summed E-state index contributed by atoms with van der Waals surface area (Å²) in [6.45, 7) is 0.404. The van der Waals surface area contributed by atoms with Crippen LogP contribution in [0.15, 0.2) is 21.2 Å². The second-order valence-corrected chi connectivity index (χ2v) is 7.43. The van der Waals surface area contributed by atoms with Gasteiger partial charge in [0, 0.05) is 20.0 Å². The summed E-state index contributed by atoms with van der Waals surface area (Å²) in [6.07, 6.45) is 1.63. The van der Waals surface area contributed by atoms with Crippen molar-refractivity contribution >= 4 is 78.1 Å². The highest BCUT2D eigenvalue weighted by atomic mass is 79.9. The Morgan fingerprint density at radius 1 is 1.40 bits per heavy atom. The van der Waals surface area contributed by atoms with Gasteiger partial charge in [0.05, 0.1) is 17.3 Å². The standard InChI is InChI=1S/C11H6Br2Cl2N2O2S/c12-5-1-6(13)9(7(8(5)14)10(18)19)16-2-4-3-17-11(15)20-4/h1,3,16H,2H2,(H,18,19). The maximum Gasteiger partial charge on any atom is 0.339 e. The van der Waals surface area contributed by atoms with Gasteiger partial charge in [0.25, 0.3) is 0 Å². The normalized spacial score (nSPS) is 10.6. The maximum absolute atomic E-state index is 11.4. The van der Waals surface area contributed by atoms with E-state index in [-0.39, 0.29) is 10.6 Å². The molecule has 0 unspecified atom stereocenters. The molecule has 0 spiro atoms. The van der Waals surface area contributed by atoms with Gasteiger partial charge in [0.1, 0.15) is 5.56 Å². The number of carboxylic acid groups (broad SMARTS) is 1. The Bertz CT molecular complexity index is 679. The average Bonchev–Trinajstić information content (AvgIpc) is 2.77. The molecule has 2 aromatic rings. The molecule has 4 nitrogen and oxygen atoms in total. The van der Waals surface area contributed by atoms with Gasteiger partial charge in [-0.3, -0.25) is 0 Å². The summed E-state index contributed by atoms with van der Waals surface area (Å²) in [6, 6.07) is 1.69. The molecule has 0 fully saturated rings. The van der Waals surface area contributed by atoms with Gasteiger partial charge in [0.15, 0.2) is 4.47 Å². The number of nitrogens with zero attached hydrogens (tertiary/aromatic N) is 1. The molecule has 0 aliphatic heterocycles. The topological polar surface area (TPSA) is 62.2 Å². The first-order chi connectivity index (χ1) is 9.40. The average molecular weight is 461 g/mol. The van der Waals surface area contributed by atoms with E-state index in [2.05, 4.69) is 42.2 Å². The van der Waals surface area contributed by atoms with Crippen LogP contribution in [-0.2, 0) is 6.54 Å². The van der Waals surface area contributed by atoms with Crippen molar-refractivity contribution in [1.82, 2.24) is 4.98 Å². The van der Waals surface area contributed by atoms with Gasteiger partial charge >= 0.3 is 5.97 Å². The first-order valence-electron chi connectivity index (χ1n) is 5.15. The quantitative estimate of drug-likeness (QED) is 0.609. The van der Waals surface area contributed by atoms with E-state index in [0.717, 1.165) is 4.88 Å². The Balaban J connectivity index is 2.35. The van der Waals surface area contributed by atoms with Crippen molar-refractivity contribution in [2.24, 2.45) is 0 Å². The van der Waals surface area contributed by atoms with Gasteiger partial charge in [-0.1, -0.05) is 23.2 Å². The molecule has 0 amide bonds. The lowest BCUT2D eigenvalue weighted by Gasteiger charge is -2.13. The molecule has 0 saturated carbocycles. The van der Waals surface area contributed by atoms with Crippen LogP contribution in [0.25, 0.3) is 0 Å². The molecule has 2 N–H and O–H groups in total. The van der Waals surface area contributed by atoms with Crippen molar-refractivity contribution in [1.29, 1.82) is 0 Å². The number of aromatic carboxylic acids is 1. The highest BCUT2D eigenvalue weighted by Crippen LogP contribution is 2.38. The lowest BCUT2D eigenvalue weighted by molar-refractivity contribution is 0.0698. The lowest BCUT2D eigenvalue weighted by Crippen LogP contribution is -2.08. The van der Waals surface area contributed by atoms with Gasteiger partial charge in [-0.25, -0.2) is 9.78 Å². The second-order valence-electron chi connectivity index (χ2n) is 3.64. The van der Waals surface area contributed by atoms with Crippen LogP contribution in [0.2, 0.25) is 9.49 Å². The number of hydrogen-bond donors (Lipinski definition) is 2. The minimum Gasteiger partial charge on any atom is -0.478 e. The molecule has 1 heterocycles. The van der Waals surface area contributed by atoms with Crippen LogP contribution in [0.1, 0.15) is 15.2 Å². The third kappa shape index (κ3) is 3.46. The number of hydrogen-bond acceptors (Lipinski definition) is 4. The summed E-state index contributed by atoms with van der Waals surface area (Å²) < 4.78 is 1.55. The molecular weight excluding hydrogens is 455 g/mol. The van der Waals surface area contributed by atoms with Gasteiger partial charge in [-0.2, -0.15) is 0 Å². The molecule has 9 heteroatoms. The summed E-state index contributed by atoms with van der Waals surface area (Å²) in [5.41, 5.74) is 0.416. The number of thiazole rings is 1. The van der Waals surface area contributed by atoms with E-state index in [4.69, 9.17) is 23.2 Å². The van der Waals surface area contributed by atoms with E-state index in [1.165, 1.54) is 11.3 Å². The van der Waals surface area contributed by atoms with E-state index in [0.29, 0.717) is 25.6 Å². The molecule has 20 heavy (non-hydrogen) atoms. The van der Waals surface area contributed by atoms with Gasteiger partial charge in [-0.15, -0.1) is 11.3 Å². The van der Waals surface area contributed by atoms with Crippen molar-refractivity contribution in [3.8, 4) is 0 Å². The molecule has 2 rings (SSSR count). The predicted octanol–water partition coefficient (Wildman–Crippen LogP) is 5.29. The Kier molecular flexibility index (Phi) is 5.30. The van der Waals surface area contributed by atoms with E-state index in [1.54, 1.807) is 12.3 Å². The van der Waals surface area contributed by atoms with Crippen LogP contribution >= 0.6 is 66.4 Å². The van der Waals surface area contributed by atoms with Crippen LogP contribution in [0.5, 0.6) is 0 Å². The van der Waals surface area contributed by atoms with E-state index >= 15 is 0 Å². The zero-order valence-electron chi connectivity index (χ0n) is 9.58. The molecule has 1 aromatic heterocycles. The minimum absolute atomic E-state index is 0.00327. The summed E-state index contributed by atoms with van der Waals surface area (Å²) in [5.74, 6) is -1.11. The summed E-state index contributed by atoms with van der Waals surface area (Å²) in [7, 11) is 0. The van der Waals surface area contributed by atoms with Crippen LogP contribution in [0.4, 0.5) is 5.69 Å². The van der Waals surface area contributed by atoms with E-state index < -0.39 is 5.97 Å². The summed E-state index contributed by atoms with van der Waals surface area (Å²) in [5, 5.41) is 12.5. The zero-order chi connectivity index (χ0) is 14.9. The Hall–Kier alpha value is -0.340. The van der Waals surface area contributed by atoms with Crippen LogP contribution < -0.4 is 5.32 Å². The van der Waals surface area contributed by atoms with E-state index in [1.807, 2.05) is 0 Å². The van der Waals surface area contributed by atoms with Crippen molar-refractivity contribution in [2.45, 2.75) is 6.54 Å². The van der Waals surface area contributed by atoms with E-state index in [9.17, 15) is 9.90 Å². The molecule has 0 bridgehead atoms. The highest BCUT2D eigenvalue weighted by molar-refractivity contribution is 9.11. The minimum atomic E-state index is -1.11. The van der Waals surface area contributed by atoms with Crippen LogP contribution in [-0.4, -0.2) is 16.1 Å². The van der Waals surface area contributed by atoms with Crippen molar-refractivity contribution in [3.63, 3.8) is 0 Å². The zero-order valence-corrected chi connectivity index (χ0v) is 15.1. The van der Waals surface area contributed by atoms with Gasteiger partial charge < -0.3 is 10.4 Å². The number of nitrogens with one attached hydrogen (secondary N) is 1. The molecule has 0 atom stereocenters. The molecule has 0 saturated heterocycles. The number of halogens is 4. The molecular formula is C11H6Br2Cl2N2O2S. The fraction of sp³-hybridized carbons (Fsp3) is 0.0909. The van der Waals surface area contributed by atoms with Crippen LogP contribution in [0, 0.1) is 0 Å². The first-order valence-corrected chi connectivity index (χ1v) is 8.31.